The van der Waals surface area contributed by atoms with Gasteiger partial charge in [0, 0.05) is 31.9 Å². The van der Waals surface area contributed by atoms with E-state index < -0.39 is 0 Å². The summed E-state index contributed by atoms with van der Waals surface area (Å²) in [4.78, 5) is 13.6. The monoisotopic (exact) mass is 556 g/mol. The molecule has 0 amide bonds. The van der Waals surface area contributed by atoms with Crippen LogP contribution in [-0.2, 0) is 0 Å². The van der Waals surface area contributed by atoms with E-state index in [0.717, 1.165) is 50.1 Å². The summed E-state index contributed by atoms with van der Waals surface area (Å²) in [7, 11) is 0. The van der Waals surface area contributed by atoms with Gasteiger partial charge in [-0.15, -0.1) is 24.0 Å². The molecule has 7 nitrogen and oxygen atoms in total. The number of guanidine groups is 1. The summed E-state index contributed by atoms with van der Waals surface area (Å²) in [5.41, 5.74) is 0. The molecular formula is C23H34FIN6O. The molecule has 0 spiro atoms. The van der Waals surface area contributed by atoms with E-state index in [1.807, 2.05) is 17.9 Å². The number of aryl methyl sites for hydroxylation is 1. The predicted octanol–water partition coefficient (Wildman–Crippen LogP) is 3.71. The number of nitrogens with one attached hydrogen (secondary N) is 2. The summed E-state index contributed by atoms with van der Waals surface area (Å²) >= 11 is 0. The third kappa shape index (κ3) is 6.12. The molecule has 176 valence electrons. The molecule has 2 fully saturated rings. The smallest absolute Gasteiger partial charge is 0.191 e. The second-order valence-electron chi connectivity index (χ2n) is 8.31. The van der Waals surface area contributed by atoms with Crippen molar-refractivity contribution in [2.45, 2.75) is 45.2 Å². The van der Waals surface area contributed by atoms with Crippen LogP contribution in [0.5, 0.6) is 0 Å². The molecule has 2 atom stereocenters. The van der Waals surface area contributed by atoms with Crippen LogP contribution in [0.25, 0.3) is 0 Å². The highest BCUT2D eigenvalue weighted by Gasteiger charge is 2.28. The first kappa shape index (κ1) is 24.8. The van der Waals surface area contributed by atoms with Crippen molar-refractivity contribution >= 4 is 35.8 Å². The van der Waals surface area contributed by atoms with Gasteiger partial charge in [-0.2, -0.15) is 0 Å². The number of nitrogens with zero attached hydrogens (tertiary/aromatic N) is 4. The van der Waals surface area contributed by atoms with Gasteiger partial charge in [0.05, 0.1) is 12.6 Å². The van der Waals surface area contributed by atoms with E-state index in [0.29, 0.717) is 18.9 Å². The fourth-order valence-electron chi connectivity index (χ4n) is 4.44. The minimum absolute atomic E-state index is 0. The Hall–Kier alpha value is -1.88. The van der Waals surface area contributed by atoms with Gasteiger partial charge >= 0.3 is 0 Å². The molecule has 0 radical (unpaired) electrons. The van der Waals surface area contributed by atoms with Crippen LogP contribution in [0, 0.1) is 12.7 Å². The molecule has 2 aliphatic rings. The second-order valence-corrected chi connectivity index (χ2v) is 8.31. The van der Waals surface area contributed by atoms with Crippen LogP contribution in [0.15, 0.2) is 39.9 Å². The summed E-state index contributed by atoms with van der Waals surface area (Å²) in [6.07, 6.45) is 4.99. The van der Waals surface area contributed by atoms with E-state index in [-0.39, 0.29) is 41.9 Å². The first-order valence-corrected chi connectivity index (χ1v) is 11.3. The molecule has 2 unspecified atom stereocenters. The van der Waals surface area contributed by atoms with Crippen LogP contribution in [0.3, 0.4) is 0 Å². The zero-order chi connectivity index (χ0) is 21.6. The van der Waals surface area contributed by atoms with Crippen LogP contribution < -0.4 is 15.5 Å². The van der Waals surface area contributed by atoms with Gasteiger partial charge in [-0.1, -0.05) is 0 Å². The summed E-state index contributed by atoms with van der Waals surface area (Å²) < 4.78 is 20.1. The van der Waals surface area contributed by atoms with Crippen molar-refractivity contribution in [1.82, 2.24) is 20.5 Å². The summed E-state index contributed by atoms with van der Waals surface area (Å²) in [6, 6.07) is 7.52. The Kier molecular flexibility index (Phi) is 9.15. The largest absolute Gasteiger partial charge is 0.465 e. The van der Waals surface area contributed by atoms with Crippen LogP contribution in [0.2, 0.25) is 0 Å². The Labute approximate surface area is 206 Å². The Bertz CT molecular complexity index is 885. The van der Waals surface area contributed by atoms with Crippen molar-refractivity contribution in [3.05, 3.63) is 47.8 Å². The first-order valence-electron chi connectivity index (χ1n) is 11.3. The van der Waals surface area contributed by atoms with Crippen LogP contribution in [0.4, 0.5) is 10.2 Å². The molecule has 4 heterocycles. The Morgan fingerprint density at radius 1 is 1.28 bits per heavy atom. The van der Waals surface area contributed by atoms with Gasteiger partial charge in [0.25, 0.3) is 0 Å². The maximum atomic E-state index is 14.1. The Morgan fingerprint density at radius 3 is 2.78 bits per heavy atom. The van der Waals surface area contributed by atoms with E-state index in [1.165, 1.54) is 18.9 Å². The van der Waals surface area contributed by atoms with Crippen molar-refractivity contribution < 1.29 is 8.81 Å². The van der Waals surface area contributed by atoms with Gasteiger partial charge < -0.3 is 20.0 Å². The highest BCUT2D eigenvalue weighted by Crippen LogP contribution is 2.27. The van der Waals surface area contributed by atoms with Crippen LogP contribution in [-0.4, -0.2) is 61.2 Å². The summed E-state index contributed by atoms with van der Waals surface area (Å²) in [6.45, 7) is 9.09. The van der Waals surface area contributed by atoms with Crippen molar-refractivity contribution in [3.63, 3.8) is 0 Å². The molecule has 9 heteroatoms. The lowest BCUT2D eigenvalue weighted by Gasteiger charge is -2.25. The van der Waals surface area contributed by atoms with Gasteiger partial charge in [-0.3, -0.25) is 9.89 Å². The number of likely N-dealkylation sites (tertiary alicyclic amines) is 1. The third-order valence-electron chi connectivity index (χ3n) is 6.01. The fourth-order valence-corrected chi connectivity index (χ4v) is 4.44. The number of halogens is 2. The molecule has 0 aliphatic carbocycles. The van der Waals surface area contributed by atoms with E-state index in [2.05, 4.69) is 33.5 Å². The summed E-state index contributed by atoms with van der Waals surface area (Å²) in [5, 5.41) is 6.90. The molecule has 0 saturated carbocycles. The van der Waals surface area contributed by atoms with Gasteiger partial charge in [-0.05, 0) is 70.5 Å². The first-order chi connectivity index (χ1) is 15.1. The topological polar surface area (TPSA) is 68.9 Å². The maximum Gasteiger partial charge on any atom is 0.191 e. The molecule has 32 heavy (non-hydrogen) atoms. The molecule has 0 aromatic carbocycles. The lowest BCUT2D eigenvalue weighted by atomic mass is 10.2. The highest BCUT2D eigenvalue weighted by molar-refractivity contribution is 14.0. The Morgan fingerprint density at radius 2 is 2.09 bits per heavy atom. The van der Waals surface area contributed by atoms with Gasteiger partial charge in [-0.25, -0.2) is 9.37 Å². The average molecular weight is 556 g/mol. The number of hydrogen-bond acceptors (Lipinski definition) is 5. The van der Waals surface area contributed by atoms with Crippen LogP contribution in [0.1, 0.15) is 43.7 Å². The molecule has 2 aromatic rings. The fraction of sp³-hybridized carbons (Fsp3) is 0.565. The number of pyridine rings is 1. The van der Waals surface area contributed by atoms with Gasteiger partial charge in [0.1, 0.15) is 11.5 Å². The van der Waals surface area contributed by atoms with Gasteiger partial charge in [0.2, 0.25) is 0 Å². The number of aliphatic imine (C=N–C) groups is 1. The van der Waals surface area contributed by atoms with E-state index in [9.17, 15) is 4.39 Å². The standard InChI is InChI=1S/C23H33FN6O.HI/c1-3-25-23(28-18-10-14-30(16-18)22-19(24)7-6-11-26-22)27-15-20(29-12-4-5-13-29)21-9-8-17(2)31-21;/h6-9,11,18,20H,3-5,10,12-16H2,1-2H3,(H2,25,27,28);1H. The molecule has 2 N–H and O–H groups in total. The minimum atomic E-state index is -0.272. The van der Waals surface area contributed by atoms with Crippen molar-refractivity contribution in [1.29, 1.82) is 0 Å². The van der Waals surface area contributed by atoms with Crippen molar-refractivity contribution in [2.24, 2.45) is 4.99 Å². The predicted molar refractivity (Wildman–Crippen MR) is 136 cm³/mol. The molecule has 2 aromatic heterocycles. The number of anilines is 1. The number of hydrogen-bond donors (Lipinski definition) is 2. The quantitative estimate of drug-likeness (QED) is 0.308. The lowest BCUT2D eigenvalue weighted by Crippen LogP contribution is -2.45. The van der Waals surface area contributed by atoms with Crippen molar-refractivity contribution in [3.8, 4) is 0 Å². The SMILES string of the molecule is CCNC(=NCC(c1ccc(C)o1)N1CCCC1)NC1CCN(c2ncccc2F)C1.I. The third-order valence-corrected chi connectivity index (χ3v) is 6.01. The average Bonchev–Trinajstić information content (AvgIpc) is 3.52. The molecule has 2 saturated heterocycles. The molecule has 4 rings (SSSR count). The molecular weight excluding hydrogens is 522 g/mol. The number of furan rings is 1. The van der Waals surface area contributed by atoms with E-state index in [4.69, 9.17) is 9.41 Å². The zero-order valence-electron chi connectivity index (χ0n) is 18.9. The summed E-state index contributed by atoms with van der Waals surface area (Å²) in [5.74, 6) is 2.86. The second kappa shape index (κ2) is 11.8. The molecule has 2 aliphatic heterocycles. The number of rotatable bonds is 7. The Balaban J connectivity index is 0.00000289. The maximum absolute atomic E-state index is 14.1. The molecule has 0 bridgehead atoms. The van der Waals surface area contributed by atoms with Gasteiger partial charge in [0.15, 0.2) is 17.6 Å². The van der Waals surface area contributed by atoms with E-state index >= 15 is 0 Å². The minimum Gasteiger partial charge on any atom is -0.465 e. The number of aromatic nitrogens is 1. The zero-order valence-corrected chi connectivity index (χ0v) is 21.2. The van der Waals surface area contributed by atoms with E-state index in [1.54, 1.807) is 12.3 Å². The lowest BCUT2D eigenvalue weighted by molar-refractivity contribution is 0.219. The van der Waals surface area contributed by atoms with Crippen LogP contribution >= 0.6 is 24.0 Å². The van der Waals surface area contributed by atoms with Crippen molar-refractivity contribution in [2.75, 3.05) is 44.2 Å². The highest BCUT2D eigenvalue weighted by atomic mass is 127. The normalized spacial score (nSPS) is 20.3.